The number of ether oxygens (including phenoxy) is 1. The summed E-state index contributed by atoms with van der Waals surface area (Å²) in [6.07, 6.45) is 0. The van der Waals surface area contributed by atoms with Crippen molar-refractivity contribution in [3.63, 3.8) is 0 Å². The number of aromatic nitrogens is 1. The lowest BCUT2D eigenvalue weighted by molar-refractivity contribution is 0.460. The van der Waals surface area contributed by atoms with Crippen molar-refractivity contribution in [3.05, 3.63) is 187 Å². The van der Waals surface area contributed by atoms with E-state index in [1.54, 1.807) is 0 Å². The second-order valence-electron chi connectivity index (χ2n) is 12.4. The monoisotopic (exact) mass is 599 g/mol. The van der Waals surface area contributed by atoms with Gasteiger partial charge in [-0.15, -0.1) is 0 Å². The average Bonchev–Trinajstić information content (AvgIpc) is 3.48. The fourth-order valence-corrected chi connectivity index (χ4v) is 7.83. The first-order valence-corrected chi connectivity index (χ1v) is 16.2. The lowest BCUT2D eigenvalue weighted by Crippen LogP contribution is -2.12. The largest absolute Gasteiger partial charge is 0.456 e. The Morgan fingerprint density at radius 3 is 1.83 bits per heavy atom. The van der Waals surface area contributed by atoms with Crippen molar-refractivity contribution < 1.29 is 4.74 Å². The molecule has 0 radical (unpaired) electrons. The number of nitrogens with zero attached hydrogens (tertiary/aromatic N) is 1. The van der Waals surface area contributed by atoms with E-state index in [0.29, 0.717) is 0 Å². The van der Waals surface area contributed by atoms with E-state index in [1.165, 1.54) is 71.5 Å². The molecule has 0 saturated heterocycles. The summed E-state index contributed by atoms with van der Waals surface area (Å²) in [5.74, 6) is 1.93. The molecule has 0 fully saturated rings. The summed E-state index contributed by atoms with van der Waals surface area (Å²) in [7, 11) is 0. The highest BCUT2D eigenvalue weighted by atomic mass is 16.5. The van der Waals surface area contributed by atoms with Gasteiger partial charge in [-0.1, -0.05) is 140 Å². The minimum absolute atomic E-state index is 0.0431. The van der Waals surface area contributed by atoms with Crippen LogP contribution in [0.25, 0.3) is 60.2 Å². The van der Waals surface area contributed by atoms with Crippen LogP contribution in [0.4, 0.5) is 0 Å². The molecular weight excluding hydrogens is 571 g/mol. The zero-order valence-electron chi connectivity index (χ0n) is 25.6. The van der Waals surface area contributed by atoms with E-state index in [1.807, 2.05) is 0 Å². The van der Waals surface area contributed by atoms with Gasteiger partial charge in [0.15, 0.2) is 0 Å². The highest BCUT2D eigenvalue weighted by Gasteiger charge is 2.32. The molecule has 1 unspecified atom stereocenters. The van der Waals surface area contributed by atoms with Gasteiger partial charge >= 0.3 is 0 Å². The molecule has 0 spiro atoms. The lowest BCUT2D eigenvalue weighted by Gasteiger charge is -2.31. The third-order valence-corrected chi connectivity index (χ3v) is 9.92. The molecule has 2 heterocycles. The van der Waals surface area contributed by atoms with Gasteiger partial charge in [-0.25, -0.2) is 0 Å². The molecule has 0 amide bonds. The Bertz CT molecular complexity index is 2650. The van der Waals surface area contributed by atoms with Gasteiger partial charge < -0.3 is 9.30 Å². The Morgan fingerprint density at radius 2 is 1.02 bits per heavy atom. The van der Waals surface area contributed by atoms with Crippen LogP contribution < -0.4 is 4.74 Å². The van der Waals surface area contributed by atoms with E-state index in [2.05, 4.69) is 174 Å². The summed E-state index contributed by atoms with van der Waals surface area (Å²) in [6, 6.07) is 61.3. The molecule has 0 aliphatic carbocycles. The van der Waals surface area contributed by atoms with Crippen molar-refractivity contribution in [3.8, 4) is 28.3 Å². The molecule has 220 valence electrons. The summed E-state index contributed by atoms with van der Waals surface area (Å²) in [6.45, 7) is 0. The van der Waals surface area contributed by atoms with Crippen LogP contribution in [0.3, 0.4) is 0 Å². The molecule has 0 saturated carbocycles. The van der Waals surface area contributed by atoms with Crippen molar-refractivity contribution in [2.45, 2.75) is 5.92 Å². The lowest BCUT2D eigenvalue weighted by atomic mass is 9.78. The first-order chi connectivity index (χ1) is 23.3. The Morgan fingerprint density at radius 1 is 0.426 bits per heavy atom. The van der Waals surface area contributed by atoms with E-state index in [0.717, 1.165) is 16.9 Å². The molecule has 1 aliphatic heterocycles. The molecular formula is C45H29NO. The second-order valence-corrected chi connectivity index (χ2v) is 12.4. The van der Waals surface area contributed by atoms with E-state index in [4.69, 9.17) is 4.74 Å². The summed E-state index contributed by atoms with van der Waals surface area (Å²) in [4.78, 5) is 0. The summed E-state index contributed by atoms with van der Waals surface area (Å²) in [5.41, 5.74) is 9.69. The zero-order valence-corrected chi connectivity index (χ0v) is 25.6. The Balaban J connectivity index is 1.15. The van der Waals surface area contributed by atoms with Gasteiger partial charge in [-0.3, -0.25) is 0 Å². The molecule has 1 aliphatic rings. The quantitative estimate of drug-likeness (QED) is 0.184. The van der Waals surface area contributed by atoms with Crippen molar-refractivity contribution >= 4 is 43.4 Å². The molecule has 0 bridgehead atoms. The van der Waals surface area contributed by atoms with Gasteiger partial charge in [0.1, 0.15) is 11.5 Å². The van der Waals surface area contributed by atoms with E-state index >= 15 is 0 Å². The molecule has 2 heteroatoms. The van der Waals surface area contributed by atoms with Gasteiger partial charge in [0.25, 0.3) is 0 Å². The van der Waals surface area contributed by atoms with Gasteiger partial charge in [0, 0.05) is 38.9 Å². The van der Waals surface area contributed by atoms with Crippen molar-refractivity contribution in [1.82, 2.24) is 4.57 Å². The average molecular weight is 600 g/mol. The van der Waals surface area contributed by atoms with E-state index in [9.17, 15) is 0 Å². The highest BCUT2D eigenvalue weighted by Crippen LogP contribution is 2.53. The van der Waals surface area contributed by atoms with Crippen LogP contribution >= 0.6 is 0 Å². The smallest absolute Gasteiger partial charge is 0.140 e. The SMILES string of the molecule is c1ccc(-n2c3ccccc3c3ccc(-c4ccc(C5c6ccccc6Oc6c5c5ccccc5c5ccccc65)cc4)cc32)cc1. The second kappa shape index (κ2) is 10.2. The number of benzene rings is 8. The Hall–Kier alpha value is -6.12. The van der Waals surface area contributed by atoms with Crippen LogP contribution in [0.2, 0.25) is 0 Å². The minimum Gasteiger partial charge on any atom is -0.456 e. The van der Waals surface area contributed by atoms with Crippen LogP contribution in [0.1, 0.15) is 22.6 Å². The predicted molar refractivity (Wildman–Crippen MR) is 195 cm³/mol. The first-order valence-electron chi connectivity index (χ1n) is 16.2. The van der Waals surface area contributed by atoms with Crippen LogP contribution in [0.5, 0.6) is 11.5 Å². The van der Waals surface area contributed by atoms with Crippen LogP contribution in [0, 0.1) is 0 Å². The number of fused-ring (bicyclic) bond motifs is 10. The molecule has 47 heavy (non-hydrogen) atoms. The van der Waals surface area contributed by atoms with Crippen molar-refractivity contribution in [2.75, 3.05) is 0 Å². The maximum absolute atomic E-state index is 6.75. The fourth-order valence-electron chi connectivity index (χ4n) is 7.83. The third kappa shape index (κ3) is 3.92. The highest BCUT2D eigenvalue weighted by molar-refractivity contribution is 6.13. The third-order valence-electron chi connectivity index (χ3n) is 9.92. The summed E-state index contributed by atoms with van der Waals surface area (Å²) in [5, 5.41) is 7.40. The molecule has 8 aromatic carbocycles. The van der Waals surface area contributed by atoms with Crippen molar-refractivity contribution in [1.29, 1.82) is 0 Å². The van der Waals surface area contributed by atoms with Crippen LogP contribution in [0.15, 0.2) is 170 Å². The molecule has 1 atom stereocenters. The number of hydrogen-bond donors (Lipinski definition) is 0. The first kappa shape index (κ1) is 26.1. The topological polar surface area (TPSA) is 14.2 Å². The number of rotatable bonds is 3. The maximum atomic E-state index is 6.75. The molecule has 2 nitrogen and oxygen atoms in total. The summed E-state index contributed by atoms with van der Waals surface area (Å²) >= 11 is 0. The standard InChI is InChI=1S/C45H29NO/c1-2-12-32(13-3-1)46-40-20-10-8-16-35(40)36-27-26-31(28-41(36)46)29-22-24-30(25-23-29)43-39-19-9-11-21-42(39)47-45-38-18-7-5-15-34(38)33-14-4-6-17-37(33)44(43)45/h1-28,43H. The molecule has 9 aromatic rings. The van der Waals surface area contributed by atoms with E-state index in [-0.39, 0.29) is 5.92 Å². The van der Waals surface area contributed by atoms with E-state index < -0.39 is 0 Å². The fraction of sp³-hybridized carbons (Fsp3) is 0.0222. The Kier molecular flexibility index (Phi) is 5.67. The molecule has 1 aromatic heterocycles. The Labute approximate surface area is 272 Å². The number of hydrogen-bond acceptors (Lipinski definition) is 1. The van der Waals surface area contributed by atoms with Crippen LogP contribution in [-0.2, 0) is 0 Å². The zero-order chi connectivity index (χ0) is 30.9. The van der Waals surface area contributed by atoms with Gasteiger partial charge in [0.05, 0.1) is 11.0 Å². The van der Waals surface area contributed by atoms with Gasteiger partial charge in [-0.05, 0) is 63.2 Å². The van der Waals surface area contributed by atoms with Gasteiger partial charge in [-0.2, -0.15) is 0 Å². The maximum Gasteiger partial charge on any atom is 0.140 e. The van der Waals surface area contributed by atoms with Crippen molar-refractivity contribution in [2.24, 2.45) is 0 Å². The van der Waals surface area contributed by atoms with Gasteiger partial charge in [0.2, 0.25) is 0 Å². The number of para-hydroxylation sites is 3. The molecule has 0 N–H and O–H groups in total. The minimum atomic E-state index is 0.0431. The summed E-state index contributed by atoms with van der Waals surface area (Å²) < 4.78 is 9.14. The normalized spacial score (nSPS) is 13.9. The predicted octanol–water partition coefficient (Wildman–Crippen LogP) is 12.0. The van der Waals surface area contributed by atoms with Crippen LogP contribution in [-0.4, -0.2) is 4.57 Å². The molecule has 10 rings (SSSR count).